The first-order chi connectivity index (χ1) is 5.64. The Balaban J connectivity index is 2.08. The van der Waals surface area contributed by atoms with Gasteiger partial charge in [0.1, 0.15) is 0 Å². The molecule has 0 heterocycles. The average molecular weight is 170 g/mol. The molecule has 0 aromatic rings. The number of hydrogen-bond donors (Lipinski definition) is 1. The van der Waals surface area contributed by atoms with Gasteiger partial charge in [0.15, 0.2) is 0 Å². The summed E-state index contributed by atoms with van der Waals surface area (Å²) in [7, 11) is 0. The summed E-state index contributed by atoms with van der Waals surface area (Å²) in [6, 6.07) is 0. The Bertz CT molecular complexity index is 125. The second kappa shape index (κ2) is 4.27. The summed E-state index contributed by atoms with van der Waals surface area (Å²) in [6.07, 6.45) is 8.44. The van der Waals surface area contributed by atoms with E-state index < -0.39 is 0 Å². The van der Waals surface area contributed by atoms with Gasteiger partial charge in [-0.2, -0.15) is 0 Å². The van der Waals surface area contributed by atoms with E-state index in [1.807, 2.05) is 6.92 Å². The molecular formula is C11H22O. The van der Waals surface area contributed by atoms with E-state index in [0.29, 0.717) is 0 Å². The first kappa shape index (κ1) is 10.0. The molecule has 12 heavy (non-hydrogen) atoms. The molecular weight excluding hydrogens is 148 g/mol. The maximum absolute atomic E-state index is 9.95. The van der Waals surface area contributed by atoms with Crippen molar-refractivity contribution in [2.75, 3.05) is 0 Å². The minimum absolute atomic E-state index is 0.365. The van der Waals surface area contributed by atoms with E-state index in [-0.39, 0.29) is 5.60 Å². The Morgan fingerprint density at radius 1 is 1.33 bits per heavy atom. The van der Waals surface area contributed by atoms with Crippen LogP contribution in [-0.4, -0.2) is 10.7 Å². The topological polar surface area (TPSA) is 20.2 Å². The molecule has 1 aliphatic carbocycles. The molecule has 1 nitrogen and oxygen atoms in total. The van der Waals surface area contributed by atoms with Crippen LogP contribution in [-0.2, 0) is 0 Å². The lowest BCUT2D eigenvalue weighted by molar-refractivity contribution is 0.0339. The highest BCUT2D eigenvalue weighted by molar-refractivity contribution is 4.83. The SMILES string of the molecule is CCCCCC(C)(O)CC1CC1. The van der Waals surface area contributed by atoms with Gasteiger partial charge in [-0.25, -0.2) is 0 Å². The molecule has 0 aromatic carbocycles. The Labute approximate surface area is 76.2 Å². The second-order valence-corrected chi connectivity index (χ2v) is 4.60. The Morgan fingerprint density at radius 2 is 2.00 bits per heavy atom. The molecule has 0 radical (unpaired) electrons. The number of rotatable bonds is 6. The fraction of sp³-hybridized carbons (Fsp3) is 1.00. The molecule has 0 saturated heterocycles. The van der Waals surface area contributed by atoms with Crippen molar-refractivity contribution in [2.24, 2.45) is 5.92 Å². The van der Waals surface area contributed by atoms with E-state index in [9.17, 15) is 5.11 Å². The van der Waals surface area contributed by atoms with E-state index in [0.717, 1.165) is 18.8 Å². The summed E-state index contributed by atoms with van der Waals surface area (Å²) < 4.78 is 0. The van der Waals surface area contributed by atoms with Gasteiger partial charge in [-0.1, -0.05) is 39.0 Å². The molecule has 0 spiro atoms. The van der Waals surface area contributed by atoms with Crippen LogP contribution in [0, 0.1) is 5.92 Å². The summed E-state index contributed by atoms with van der Waals surface area (Å²) in [5.74, 6) is 0.849. The second-order valence-electron chi connectivity index (χ2n) is 4.60. The zero-order chi connectivity index (χ0) is 9.03. The lowest BCUT2D eigenvalue weighted by Crippen LogP contribution is -2.24. The zero-order valence-corrected chi connectivity index (χ0v) is 8.47. The van der Waals surface area contributed by atoms with Crippen molar-refractivity contribution in [3.05, 3.63) is 0 Å². The average Bonchev–Trinajstić information content (AvgIpc) is 2.71. The molecule has 1 heteroatoms. The minimum atomic E-state index is -0.365. The van der Waals surface area contributed by atoms with Crippen LogP contribution < -0.4 is 0 Å². The molecule has 1 rings (SSSR count). The molecule has 0 amide bonds. The maximum Gasteiger partial charge on any atom is 0.0622 e. The fourth-order valence-electron chi connectivity index (χ4n) is 1.80. The Hall–Kier alpha value is -0.0400. The van der Waals surface area contributed by atoms with Crippen molar-refractivity contribution in [2.45, 2.75) is 64.4 Å². The van der Waals surface area contributed by atoms with E-state index in [4.69, 9.17) is 0 Å². The van der Waals surface area contributed by atoms with Gasteiger partial charge in [-0.15, -0.1) is 0 Å². The Kier molecular flexibility index (Phi) is 3.57. The van der Waals surface area contributed by atoms with Crippen LogP contribution in [0.1, 0.15) is 58.8 Å². The van der Waals surface area contributed by atoms with E-state index >= 15 is 0 Å². The normalized spacial score (nSPS) is 22.2. The van der Waals surface area contributed by atoms with Crippen LogP contribution in [0.3, 0.4) is 0 Å². The van der Waals surface area contributed by atoms with Gasteiger partial charge < -0.3 is 5.11 Å². The van der Waals surface area contributed by atoms with E-state index in [1.165, 1.54) is 32.1 Å². The van der Waals surface area contributed by atoms with Gasteiger partial charge in [-0.3, -0.25) is 0 Å². The predicted molar refractivity (Wildman–Crippen MR) is 52.1 cm³/mol. The lowest BCUT2D eigenvalue weighted by atomic mass is 9.92. The van der Waals surface area contributed by atoms with Crippen LogP contribution in [0.5, 0.6) is 0 Å². The summed E-state index contributed by atoms with van der Waals surface area (Å²) in [4.78, 5) is 0. The standard InChI is InChI=1S/C11H22O/c1-3-4-5-8-11(2,12)9-10-6-7-10/h10,12H,3-9H2,1-2H3. The fourth-order valence-corrected chi connectivity index (χ4v) is 1.80. The highest BCUT2D eigenvalue weighted by Crippen LogP contribution is 2.38. The predicted octanol–water partition coefficient (Wildman–Crippen LogP) is 3.12. The van der Waals surface area contributed by atoms with Gasteiger partial charge in [-0.05, 0) is 25.7 Å². The zero-order valence-electron chi connectivity index (χ0n) is 8.47. The summed E-state index contributed by atoms with van der Waals surface area (Å²) in [5, 5.41) is 9.95. The number of unbranched alkanes of at least 4 members (excludes halogenated alkanes) is 2. The third-order valence-corrected chi connectivity index (χ3v) is 2.74. The van der Waals surface area contributed by atoms with Crippen molar-refractivity contribution >= 4 is 0 Å². The van der Waals surface area contributed by atoms with Crippen LogP contribution in [0.2, 0.25) is 0 Å². The quantitative estimate of drug-likeness (QED) is 0.607. The molecule has 72 valence electrons. The highest BCUT2D eigenvalue weighted by atomic mass is 16.3. The third kappa shape index (κ3) is 4.10. The first-order valence-electron chi connectivity index (χ1n) is 5.36. The number of hydrogen-bond acceptors (Lipinski definition) is 1. The molecule has 1 saturated carbocycles. The van der Waals surface area contributed by atoms with Crippen molar-refractivity contribution in [1.29, 1.82) is 0 Å². The van der Waals surface area contributed by atoms with E-state index in [2.05, 4.69) is 6.92 Å². The smallest absolute Gasteiger partial charge is 0.0622 e. The molecule has 0 aliphatic heterocycles. The minimum Gasteiger partial charge on any atom is -0.390 e. The van der Waals surface area contributed by atoms with Crippen molar-refractivity contribution in [1.82, 2.24) is 0 Å². The molecule has 1 fully saturated rings. The molecule has 1 unspecified atom stereocenters. The van der Waals surface area contributed by atoms with Crippen LogP contribution in [0.15, 0.2) is 0 Å². The van der Waals surface area contributed by atoms with Crippen molar-refractivity contribution < 1.29 is 5.11 Å². The third-order valence-electron chi connectivity index (χ3n) is 2.74. The first-order valence-corrected chi connectivity index (χ1v) is 5.36. The van der Waals surface area contributed by atoms with Gasteiger partial charge in [0, 0.05) is 0 Å². The summed E-state index contributed by atoms with van der Waals surface area (Å²) in [5.41, 5.74) is -0.365. The summed E-state index contributed by atoms with van der Waals surface area (Å²) in [6.45, 7) is 4.20. The van der Waals surface area contributed by atoms with Crippen molar-refractivity contribution in [3.63, 3.8) is 0 Å². The van der Waals surface area contributed by atoms with Gasteiger partial charge in [0.2, 0.25) is 0 Å². The van der Waals surface area contributed by atoms with Crippen LogP contribution >= 0.6 is 0 Å². The summed E-state index contributed by atoms with van der Waals surface area (Å²) >= 11 is 0. The Morgan fingerprint density at radius 3 is 2.50 bits per heavy atom. The highest BCUT2D eigenvalue weighted by Gasteiger charge is 2.30. The number of aliphatic hydroxyl groups is 1. The van der Waals surface area contributed by atoms with E-state index in [1.54, 1.807) is 0 Å². The lowest BCUT2D eigenvalue weighted by Gasteiger charge is -2.22. The largest absolute Gasteiger partial charge is 0.390 e. The van der Waals surface area contributed by atoms with Gasteiger partial charge >= 0.3 is 0 Å². The molecule has 1 N–H and O–H groups in total. The molecule has 1 atom stereocenters. The molecule has 1 aliphatic rings. The molecule has 0 aromatic heterocycles. The maximum atomic E-state index is 9.95. The molecule has 0 bridgehead atoms. The van der Waals surface area contributed by atoms with Crippen LogP contribution in [0.4, 0.5) is 0 Å². The van der Waals surface area contributed by atoms with Crippen LogP contribution in [0.25, 0.3) is 0 Å². The van der Waals surface area contributed by atoms with Gasteiger partial charge in [0.25, 0.3) is 0 Å². The van der Waals surface area contributed by atoms with Gasteiger partial charge in [0.05, 0.1) is 5.60 Å². The monoisotopic (exact) mass is 170 g/mol. The van der Waals surface area contributed by atoms with Crippen molar-refractivity contribution in [3.8, 4) is 0 Å².